The van der Waals surface area contributed by atoms with Crippen molar-refractivity contribution in [3.63, 3.8) is 0 Å². The maximum Gasteiger partial charge on any atom is 0.336 e. The lowest BCUT2D eigenvalue weighted by Gasteiger charge is -2.30. The zero-order valence-electron chi connectivity index (χ0n) is 20.9. The number of hydrogen-bond donors (Lipinski definition) is 1. The first-order chi connectivity index (χ1) is 18.5. The van der Waals surface area contributed by atoms with Crippen LogP contribution in [0.15, 0.2) is 106 Å². The normalized spacial score (nSPS) is 16.3. The molecule has 0 unspecified atom stereocenters. The Kier molecular flexibility index (Phi) is 6.12. The second-order valence-electron chi connectivity index (χ2n) is 9.36. The Labute approximate surface area is 228 Å². The largest absolute Gasteiger partial charge is 0.489 e. The molecule has 6 heteroatoms. The lowest BCUT2D eigenvalue weighted by molar-refractivity contribution is -0.136. The first-order valence-corrected chi connectivity index (χ1v) is 13.1. The quantitative estimate of drug-likeness (QED) is 0.266. The molecule has 188 valence electrons. The van der Waals surface area contributed by atoms with Crippen molar-refractivity contribution in [2.24, 2.45) is 0 Å². The van der Waals surface area contributed by atoms with E-state index in [1.165, 1.54) is 7.11 Å². The topological polar surface area (TPSA) is 64.6 Å². The Morgan fingerprint density at radius 1 is 0.947 bits per heavy atom. The van der Waals surface area contributed by atoms with Crippen LogP contribution >= 0.6 is 15.9 Å². The Morgan fingerprint density at radius 3 is 2.50 bits per heavy atom. The molecule has 4 aromatic rings. The fraction of sp³-hybridized carbons (Fsp3) is 0.125. The molecule has 6 rings (SSSR count). The van der Waals surface area contributed by atoms with Crippen molar-refractivity contribution in [1.82, 2.24) is 5.32 Å². The van der Waals surface area contributed by atoms with E-state index < -0.39 is 11.9 Å². The van der Waals surface area contributed by atoms with Crippen LogP contribution in [0.5, 0.6) is 5.75 Å². The monoisotopic (exact) mass is 565 g/mol. The van der Waals surface area contributed by atoms with Gasteiger partial charge in [0, 0.05) is 32.4 Å². The van der Waals surface area contributed by atoms with Gasteiger partial charge in [0.25, 0.3) is 0 Å². The summed E-state index contributed by atoms with van der Waals surface area (Å²) in [6.45, 7) is 2.17. The fourth-order valence-electron chi connectivity index (χ4n) is 5.47. The molecule has 0 fully saturated rings. The van der Waals surface area contributed by atoms with Gasteiger partial charge in [-0.2, -0.15) is 0 Å². The average Bonchev–Trinajstić information content (AvgIpc) is 3.22. The number of methoxy groups -OCH3 is 1. The van der Waals surface area contributed by atoms with Gasteiger partial charge in [-0.1, -0.05) is 82.7 Å². The highest BCUT2D eigenvalue weighted by molar-refractivity contribution is 9.10. The minimum absolute atomic E-state index is 0.109. The van der Waals surface area contributed by atoms with Crippen molar-refractivity contribution in [3.05, 3.63) is 128 Å². The van der Waals surface area contributed by atoms with Gasteiger partial charge in [-0.15, -0.1) is 0 Å². The number of nitrogens with one attached hydrogen (secondary N) is 1. The number of benzene rings is 4. The number of dihydropyridines is 1. The summed E-state index contributed by atoms with van der Waals surface area (Å²) in [6.07, 6.45) is 0. The Bertz CT molecular complexity index is 1700. The number of ether oxygens (including phenoxy) is 2. The van der Waals surface area contributed by atoms with E-state index in [4.69, 9.17) is 9.47 Å². The lowest BCUT2D eigenvalue weighted by Crippen LogP contribution is -2.29. The van der Waals surface area contributed by atoms with E-state index in [-0.39, 0.29) is 5.78 Å². The molecule has 0 saturated heterocycles. The van der Waals surface area contributed by atoms with Crippen LogP contribution in [0.25, 0.3) is 16.5 Å². The first-order valence-electron chi connectivity index (χ1n) is 12.3. The number of fused-ring (bicyclic) bond motifs is 3. The lowest BCUT2D eigenvalue weighted by atomic mass is 9.79. The van der Waals surface area contributed by atoms with Gasteiger partial charge in [0.1, 0.15) is 12.4 Å². The molecule has 1 aliphatic heterocycles. The highest BCUT2D eigenvalue weighted by atomic mass is 79.9. The third kappa shape index (κ3) is 3.92. The van der Waals surface area contributed by atoms with Gasteiger partial charge in [-0.3, -0.25) is 4.79 Å². The molecule has 4 aromatic carbocycles. The molecule has 0 aromatic heterocycles. The van der Waals surface area contributed by atoms with Crippen LogP contribution in [0.2, 0.25) is 0 Å². The van der Waals surface area contributed by atoms with Crippen LogP contribution in [-0.4, -0.2) is 18.9 Å². The molecule has 5 nitrogen and oxygen atoms in total. The van der Waals surface area contributed by atoms with Crippen molar-refractivity contribution >= 4 is 44.2 Å². The van der Waals surface area contributed by atoms with Crippen molar-refractivity contribution in [3.8, 4) is 5.75 Å². The van der Waals surface area contributed by atoms with E-state index in [0.29, 0.717) is 34.8 Å². The second-order valence-corrected chi connectivity index (χ2v) is 10.3. The molecular formula is C32H24BrNO4. The van der Waals surface area contributed by atoms with Crippen LogP contribution in [0.4, 0.5) is 0 Å². The summed E-state index contributed by atoms with van der Waals surface area (Å²) < 4.78 is 12.5. The number of rotatable bonds is 5. The van der Waals surface area contributed by atoms with Gasteiger partial charge in [0.05, 0.1) is 24.3 Å². The van der Waals surface area contributed by atoms with Gasteiger partial charge in [-0.05, 0) is 41.5 Å². The molecule has 0 radical (unpaired) electrons. The second kappa shape index (κ2) is 9.62. The number of ketones is 1. The average molecular weight is 566 g/mol. The fourth-order valence-corrected chi connectivity index (χ4v) is 5.85. The molecule has 1 aliphatic carbocycles. The third-order valence-electron chi connectivity index (χ3n) is 7.20. The first kappa shape index (κ1) is 24.2. The molecule has 0 bridgehead atoms. The summed E-state index contributed by atoms with van der Waals surface area (Å²) in [7, 11) is 1.35. The van der Waals surface area contributed by atoms with Gasteiger partial charge < -0.3 is 14.8 Å². The molecule has 1 N–H and O–H groups in total. The summed E-state index contributed by atoms with van der Waals surface area (Å²) in [4.78, 5) is 26.9. The molecule has 1 heterocycles. The minimum atomic E-state index is -0.668. The third-order valence-corrected chi connectivity index (χ3v) is 7.69. The van der Waals surface area contributed by atoms with E-state index in [9.17, 15) is 9.59 Å². The predicted molar refractivity (Wildman–Crippen MR) is 151 cm³/mol. The number of halogens is 1. The predicted octanol–water partition coefficient (Wildman–Crippen LogP) is 6.92. The van der Waals surface area contributed by atoms with Crippen LogP contribution in [0, 0.1) is 0 Å². The van der Waals surface area contributed by atoms with Gasteiger partial charge in [0.15, 0.2) is 5.78 Å². The number of allylic oxidation sites excluding steroid dienone is 2. The molecule has 0 spiro atoms. The molecule has 38 heavy (non-hydrogen) atoms. The SMILES string of the molecule is COC(=O)C1=C(C)NC2=C(C(=O)c3ccccc32)[C@@H]1c1cc(Br)ccc1OCc1cccc2ccccc12. The molecule has 0 amide bonds. The molecule has 1 atom stereocenters. The molecule has 0 saturated carbocycles. The van der Waals surface area contributed by atoms with Crippen LogP contribution in [0.3, 0.4) is 0 Å². The van der Waals surface area contributed by atoms with Crippen molar-refractivity contribution in [1.29, 1.82) is 0 Å². The highest BCUT2D eigenvalue weighted by Crippen LogP contribution is 2.49. The highest BCUT2D eigenvalue weighted by Gasteiger charge is 2.43. The van der Waals surface area contributed by atoms with Crippen LogP contribution < -0.4 is 10.1 Å². The van der Waals surface area contributed by atoms with Gasteiger partial charge in [0.2, 0.25) is 0 Å². The molecule has 2 aliphatic rings. The number of esters is 1. The van der Waals surface area contributed by atoms with Crippen molar-refractivity contribution in [2.45, 2.75) is 19.4 Å². The number of Topliss-reactive ketones (excluding diaryl/α,β-unsaturated/α-hetero) is 1. The van der Waals surface area contributed by atoms with Crippen molar-refractivity contribution in [2.75, 3.05) is 7.11 Å². The number of hydrogen-bond acceptors (Lipinski definition) is 5. The Hall–Kier alpha value is -4.16. The zero-order chi connectivity index (χ0) is 26.4. The molecular weight excluding hydrogens is 542 g/mol. The summed E-state index contributed by atoms with van der Waals surface area (Å²) in [5, 5.41) is 5.58. The van der Waals surface area contributed by atoms with Gasteiger partial charge >= 0.3 is 5.97 Å². The van der Waals surface area contributed by atoms with Crippen LogP contribution in [0.1, 0.15) is 39.9 Å². The maximum absolute atomic E-state index is 13.8. The maximum atomic E-state index is 13.8. The summed E-state index contributed by atoms with van der Waals surface area (Å²) in [5.41, 5.74) is 5.48. The van der Waals surface area contributed by atoms with E-state index in [2.05, 4.69) is 39.4 Å². The smallest absolute Gasteiger partial charge is 0.336 e. The Balaban J connectivity index is 1.48. The number of carbonyl (C=O) groups excluding carboxylic acids is 2. The standard InChI is InChI=1S/C32H24BrNO4/c1-18-27(32(36)37-2)28(29-30(34-18)23-12-5-6-13-24(23)31(29)35)25-16-21(33)14-15-26(25)38-17-20-10-7-9-19-8-3-4-11-22(19)20/h3-16,28,34H,17H2,1-2H3/t28-/m1/s1. The van der Waals surface area contributed by atoms with E-state index in [0.717, 1.165) is 37.6 Å². The van der Waals surface area contributed by atoms with E-state index >= 15 is 0 Å². The number of carbonyl (C=O) groups is 2. The van der Waals surface area contributed by atoms with E-state index in [1.54, 1.807) is 0 Å². The van der Waals surface area contributed by atoms with Crippen LogP contribution in [-0.2, 0) is 16.1 Å². The minimum Gasteiger partial charge on any atom is -0.489 e. The zero-order valence-corrected chi connectivity index (χ0v) is 22.5. The summed E-state index contributed by atoms with van der Waals surface area (Å²) in [5.74, 6) is -0.672. The van der Waals surface area contributed by atoms with E-state index in [1.807, 2.05) is 73.7 Å². The summed E-state index contributed by atoms with van der Waals surface area (Å²) in [6, 6.07) is 27.5. The summed E-state index contributed by atoms with van der Waals surface area (Å²) >= 11 is 3.59. The van der Waals surface area contributed by atoms with Crippen molar-refractivity contribution < 1.29 is 19.1 Å². The Morgan fingerprint density at radius 2 is 1.68 bits per heavy atom. The van der Waals surface area contributed by atoms with Gasteiger partial charge in [-0.25, -0.2) is 4.79 Å².